The molecule has 0 fully saturated rings. The third kappa shape index (κ3) is 2.88. The highest BCUT2D eigenvalue weighted by Crippen LogP contribution is 2.36. The smallest absolute Gasteiger partial charge is 0.189 e. The summed E-state index contributed by atoms with van der Waals surface area (Å²) >= 11 is 1.52. The molecule has 5 rings (SSSR count). The van der Waals surface area contributed by atoms with Crippen LogP contribution in [0.1, 0.15) is 5.56 Å². The van der Waals surface area contributed by atoms with Crippen molar-refractivity contribution in [1.82, 2.24) is 19.5 Å². The van der Waals surface area contributed by atoms with E-state index < -0.39 is 0 Å². The lowest BCUT2D eigenvalue weighted by molar-refractivity contribution is 0.171. The lowest BCUT2D eigenvalue weighted by Crippen LogP contribution is -2.15. The van der Waals surface area contributed by atoms with E-state index in [1.807, 2.05) is 36.6 Å². The molecule has 3 heterocycles. The number of aryl methyl sites for hydroxylation is 1. The van der Waals surface area contributed by atoms with Crippen LogP contribution in [0.5, 0.6) is 11.5 Å². The van der Waals surface area contributed by atoms with Crippen LogP contribution >= 0.6 is 11.8 Å². The Balaban J connectivity index is 1.77. The summed E-state index contributed by atoms with van der Waals surface area (Å²) in [6, 6.07) is 14.1. The predicted octanol–water partition coefficient (Wildman–Crippen LogP) is 4.28. The van der Waals surface area contributed by atoms with Crippen LogP contribution in [0.25, 0.3) is 28.2 Å². The number of aromatic nitrogens is 4. The molecule has 140 valence electrons. The minimum Gasteiger partial charge on any atom is -0.486 e. The van der Waals surface area contributed by atoms with Gasteiger partial charge < -0.3 is 9.47 Å². The highest BCUT2D eigenvalue weighted by Gasteiger charge is 2.19. The number of fused-ring (bicyclic) bond motifs is 2. The predicted molar refractivity (Wildman–Crippen MR) is 110 cm³/mol. The number of nitrogens with zero attached hydrogens (tertiary/aromatic N) is 4. The van der Waals surface area contributed by atoms with Gasteiger partial charge in [-0.1, -0.05) is 17.8 Å². The first-order chi connectivity index (χ1) is 13.7. The van der Waals surface area contributed by atoms with Gasteiger partial charge in [0.1, 0.15) is 24.9 Å². The molecular weight excluding hydrogens is 372 g/mol. The lowest BCUT2D eigenvalue weighted by atomic mass is 10.2. The molecule has 2 aromatic heterocycles. The monoisotopic (exact) mass is 390 g/mol. The van der Waals surface area contributed by atoms with Gasteiger partial charge in [0.25, 0.3) is 0 Å². The zero-order valence-electron chi connectivity index (χ0n) is 15.5. The summed E-state index contributed by atoms with van der Waals surface area (Å²) in [4.78, 5) is 13.9. The SMILES string of the molecule is CSc1nccc(-n2c(-c3ccc4c(c3)OCCO4)nc3ccc(C)cc32)n1. The van der Waals surface area contributed by atoms with E-state index in [1.165, 1.54) is 17.3 Å². The van der Waals surface area contributed by atoms with Gasteiger partial charge in [-0.15, -0.1) is 0 Å². The van der Waals surface area contributed by atoms with Gasteiger partial charge in [-0.05, 0) is 55.1 Å². The summed E-state index contributed by atoms with van der Waals surface area (Å²) in [7, 11) is 0. The Morgan fingerprint density at radius 2 is 1.82 bits per heavy atom. The fraction of sp³-hybridized carbons (Fsp3) is 0.190. The van der Waals surface area contributed by atoms with Crippen molar-refractivity contribution in [3.8, 4) is 28.7 Å². The summed E-state index contributed by atoms with van der Waals surface area (Å²) in [5.41, 5.74) is 4.04. The first-order valence-electron chi connectivity index (χ1n) is 8.99. The highest BCUT2D eigenvalue weighted by molar-refractivity contribution is 7.98. The second-order valence-corrected chi connectivity index (χ2v) is 7.30. The molecule has 0 saturated heterocycles. The van der Waals surface area contributed by atoms with Crippen molar-refractivity contribution < 1.29 is 9.47 Å². The standard InChI is InChI=1S/C21H18N4O2S/c1-13-3-5-15-16(11-13)25(19-7-8-22-21(24-19)28-2)20(23-15)14-4-6-17-18(12-14)27-10-9-26-17/h3-8,11-12H,9-10H2,1-2H3. The molecule has 1 aliphatic rings. The van der Waals surface area contributed by atoms with Gasteiger partial charge in [0.15, 0.2) is 16.7 Å². The molecule has 0 aliphatic carbocycles. The molecule has 0 amide bonds. The zero-order chi connectivity index (χ0) is 19.1. The fourth-order valence-corrected chi connectivity index (χ4v) is 3.70. The molecule has 0 bridgehead atoms. The number of thioether (sulfide) groups is 1. The zero-order valence-corrected chi connectivity index (χ0v) is 16.4. The normalized spacial score (nSPS) is 13.1. The van der Waals surface area contributed by atoms with Crippen molar-refractivity contribution in [2.45, 2.75) is 12.1 Å². The number of benzene rings is 2. The molecule has 0 unspecified atom stereocenters. The van der Waals surface area contributed by atoms with Crippen LogP contribution in [0.15, 0.2) is 53.8 Å². The van der Waals surface area contributed by atoms with Gasteiger partial charge in [0.2, 0.25) is 0 Å². The van der Waals surface area contributed by atoms with Crippen LogP contribution < -0.4 is 9.47 Å². The van der Waals surface area contributed by atoms with Crippen molar-refractivity contribution in [2.75, 3.05) is 19.5 Å². The maximum atomic E-state index is 5.77. The van der Waals surface area contributed by atoms with Crippen LogP contribution in [-0.4, -0.2) is 39.0 Å². The average molecular weight is 390 g/mol. The van der Waals surface area contributed by atoms with Crippen molar-refractivity contribution in [3.05, 3.63) is 54.2 Å². The topological polar surface area (TPSA) is 62.1 Å². The van der Waals surface area contributed by atoms with Gasteiger partial charge in [-0.3, -0.25) is 4.57 Å². The van der Waals surface area contributed by atoms with E-state index in [9.17, 15) is 0 Å². The van der Waals surface area contributed by atoms with E-state index in [0.717, 1.165) is 44.9 Å². The first-order valence-corrected chi connectivity index (χ1v) is 10.2. The number of imidazole rings is 1. The van der Waals surface area contributed by atoms with E-state index in [2.05, 4.69) is 28.6 Å². The van der Waals surface area contributed by atoms with Crippen molar-refractivity contribution in [2.24, 2.45) is 0 Å². The van der Waals surface area contributed by atoms with Crippen molar-refractivity contribution in [3.63, 3.8) is 0 Å². The van der Waals surface area contributed by atoms with E-state index >= 15 is 0 Å². The molecule has 2 aromatic carbocycles. The van der Waals surface area contributed by atoms with Crippen molar-refractivity contribution >= 4 is 22.8 Å². The summed E-state index contributed by atoms with van der Waals surface area (Å²) in [5.74, 6) is 3.10. The average Bonchev–Trinajstić information content (AvgIpc) is 3.12. The Hall–Kier alpha value is -3.06. The Bertz CT molecular complexity index is 1190. The minimum absolute atomic E-state index is 0.551. The second kappa shape index (κ2) is 6.83. The number of hydrogen-bond acceptors (Lipinski definition) is 6. The molecule has 6 nitrogen and oxygen atoms in total. The maximum absolute atomic E-state index is 5.77. The highest BCUT2D eigenvalue weighted by atomic mass is 32.2. The third-order valence-electron chi connectivity index (χ3n) is 4.64. The Morgan fingerprint density at radius 1 is 0.964 bits per heavy atom. The van der Waals surface area contributed by atoms with Gasteiger partial charge in [0, 0.05) is 11.8 Å². The van der Waals surface area contributed by atoms with Gasteiger partial charge >= 0.3 is 0 Å². The van der Waals surface area contributed by atoms with Crippen LogP contribution in [0.2, 0.25) is 0 Å². The van der Waals surface area contributed by atoms with E-state index in [0.29, 0.717) is 13.2 Å². The number of rotatable bonds is 3. The third-order valence-corrected chi connectivity index (χ3v) is 5.20. The van der Waals surface area contributed by atoms with Gasteiger partial charge in [-0.25, -0.2) is 15.0 Å². The van der Waals surface area contributed by atoms with E-state index in [4.69, 9.17) is 19.4 Å². The molecule has 0 radical (unpaired) electrons. The fourth-order valence-electron chi connectivity index (χ4n) is 3.35. The van der Waals surface area contributed by atoms with Crippen LogP contribution in [0.4, 0.5) is 0 Å². The van der Waals surface area contributed by atoms with Crippen molar-refractivity contribution in [1.29, 1.82) is 0 Å². The summed E-state index contributed by atoms with van der Waals surface area (Å²) in [6.07, 6.45) is 3.75. The largest absolute Gasteiger partial charge is 0.486 e. The van der Waals surface area contributed by atoms with Crippen LogP contribution in [-0.2, 0) is 0 Å². The number of ether oxygens (including phenoxy) is 2. The number of hydrogen-bond donors (Lipinski definition) is 0. The molecule has 4 aromatic rings. The Kier molecular flexibility index (Phi) is 4.16. The van der Waals surface area contributed by atoms with Crippen LogP contribution in [0, 0.1) is 6.92 Å². The Labute approximate surface area is 166 Å². The summed E-state index contributed by atoms with van der Waals surface area (Å²) in [5, 5.41) is 0.722. The maximum Gasteiger partial charge on any atom is 0.189 e. The summed E-state index contributed by atoms with van der Waals surface area (Å²) in [6.45, 7) is 3.20. The molecule has 0 spiro atoms. The van der Waals surface area contributed by atoms with E-state index in [-0.39, 0.29) is 0 Å². The Morgan fingerprint density at radius 3 is 2.68 bits per heavy atom. The van der Waals surface area contributed by atoms with Gasteiger partial charge in [0.05, 0.1) is 11.0 Å². The molecule has 7 heteroatoms. The first kappa shape index (κ1) is 17.1. The minimum atomic E-state index is 0.551. The molecule has 0 atom stereocenters. The molecular formula is C21H18N4O2S. The second-order valence-electron chi connectivity index (χ2n) is 6.52. The molecule has 0 saturated carbocycles. The van der Waals surface area contributed by atoms with Gasteiger partial charge in [-0.2, -0.15) is 0 Å². The molecule has 1 aliphatic heterocycles. The quantitative estimate of drug-likeness (QED) is 0.384. The van der Waals surface area contributed by atoms with Crippen LogP contribution in [0.3, 0.4) is 0 Å². The molecule has 28 heavy (non-hydrogen) atoms. The van der Waals surface area contributed by atoms with E-state index in [1.54, 1.807) is 6.20 Å². The lowest BCUT2D eigenvalue weighted by Gasteiger charge is -2.19. The molecule has 0 N–H and O–H groups in total. The summed E-state index contributed by atoms with van der Waals surface area (Å²) < 4.78 is 13.5.